The maximum Gasteiger partial charge on any atom is 0.438 e. The lowest BCUT2D eigenvalue weighted by atomic mass is 10.3. The van der Waals surface area contributed by atoms with E-state index in [-0.39, 0.29) is 0 Å². The van der Waals surface area contributed by atoms with Crippen LogP contribution in [0.1, 0.15) is 25.7 Å². The number of hydrogen-bond acceptors (Lipinski definition) is 1. The van der Waals surface area contributed by atoms with Gasteiger partial charge in [0.05, 0.1) is 6.04 Å². The Kier molecular flexibility index (Phi) is 3.25. The Balaban J connectivity index is 2.35. The van der Waals surface area contributed by atoms with Crippen LogP contribution in [0.3, 0.4) is 0 Å². The van der Waals surface area contributed by atoms with Gasteiger partial charge in [0.15, 0.2) is 0 Å². The third kappa shape index (κ3) is 2.84. The van der Waals surface area contributed by atoms with Gasteiger partial charge in [-0.3, -0.25) is 0 Å². The SMILES string of the molecule is Cl[P+](Cl)=NC1CCCC1. The van der Waals surface area contributed by atoms with Gasteiger partial charge in [-0.25, -0.2) is 0 Å². The standard InChI is InChI=1S/C5H9Cl2NP/c6-9(7)8-5-3-1-2-4-5/h5H,1-4H2/q+1. The van der Waals surface area contributed by atoms with Crippen LogP contribution in [-0.4, -0.2) is 6.04 Å². The van der Waals surface area contributed by atoms with E-state index in [1.165, 1.54) is 25.7 Å². The van der Waals surface area contributed by atoms with E-state index in [1.807, 2.05) is 0 Å². The summed E-state index contributed by atoms with van der Waals surface area (Å²) < 4.78 is 4.17. The van der Waals surface area contributed by atoms with Crippen molar-refractivity contribution in [3.05, 3.63) is 0 Å². The Morgan fingerprint density at radius 2 is 1.78 bits per heavy atom. The molecule has 0 aromatic carbocycles. The topological polar surface area (TPSA) is 12.4 Å². The highest BCUT2D eigenvalue weighted by Gasteiger charge is 2.18. The van der Waals surface area contributed by atoms with E-state index >= 15 is 0 Å². The minimum atomic E-state index is -1.04. The highest BCUT2D eigenvalue weighted by molar-refractivity contribution is 7.96. The average molecular weight is 185 g/mol. The van der Waals surface area contributed by atoms with E-state index in [2.05, 4.69) is 4.74 Å². The zero-order valence-corrected chi connectivity index (χ0v) is 7.46. The largest absolute Gasteiger partial charge is 0.438 e. The molecule has 0 aromatic heterocycles. The number of hydrogen-bond donors (Lipinski definition) is 0. The van der Waals surface area contributed by atoms with E-state index in [0.717, 1.165) is 0 Å². The summed E-state index contributed by atoms with van der Waals surface area (Å²) in [4.78, 5) is 0. The van der Waals surface area contributed by atoms with Crippen LogP contribution in [0.4, 0.5) is 0 Å². The van der Waals surface area contributed by atoms with Crippen LogP contribution in [0, 0.1) is 0 Å². The maximum atomic E-state index is 5.52. The van der Waals surface area contributed by atoms with Crippen LogP contribution in [0.5, 0.6) is 0 Å². The molecule has 0 amide bonds. The molecule has 1 rings (SSSR count). The maximum absolute atomic E-state index is 5.52. The molecule has 1 fully saturated rings. The fraction of sp³-hybridized carbons (Fsp3) is 1.00. The average Bonchev–Trinajstić information content (AvgIpc) is 2.15. The Bertz CT molecular complexity index is 116. The molecular formula is C5H9Cl2NP+. The normalized spacial score (nSPS) is 20.2. The summed E-state index contributed by atoms with van der Waals surface area (Å²) in [6.45, 7) is 0. The van der Waals surface area contributed by atoms with E-state index in [1.54, 1.807) is 0 Å². The van der Waals surface area contributed by atoms with Crippen molar-refractivity contribution in [2.24, 2.45) is 4.74 Å². The first kappa shape index (κ1) is 7.78. The van der Waals surface area contributed by atoms with Crippen molar-refractivity contribution in [2.45, 2.75) is 31.7 Å². The number of halogens is 2. The van der Waals surface area contributed by atoms with Gasteiger partial charge in [-0.15, -0.1) is 0 Å². The fourth-order valence-corrected chi connectivity index (χ4v) is 2.36. The Morgan fingerprint density at radius 1 is 1.22 bits per heavy atom. The first-order valence-electron chi connectivity index (χ1n) is 3.11. The van der Waals surface area contributed by atoms with E-state index < -0.39 is 6.42 Å². The van der Waals surface area contributed by atoms with Crippen molar-refractivity contribution in [1.29, 1.82) is 0 Å². The van der Waals surface area contributed by atoms with Crippen molar-refractivity contribution in [3.8, 4) is 0 Å². The summed E-state index contributed by atoms with van der Waals surface area (Å²) in [6.07, 6.45) is 3.94. The molecule has 1 saturated carbocycles. The lowest BCUT2D eigenvalue weighted by Crippen LogP contribution is -1.91. The summed E-state index contributed by atoms with van der Waals surface area (Å²) in [5.41, 5.74) is 0. The summed E-state index contributed by atoms with van der Waals surface area (Å²) in [6, 6.07) is 0.478. The van der Waals surface area contributed by atoms with Gasteiger partial charge in [0.1, 0.15) is 0 Å². The van der Waals surface area contributed by atoms with E-state index in [9.17, 15) is 0 Å². The van der Waals surface area contributed by atoms with Crippen LogP contribution in [0.15, 0.2) is 4.74 Å². The van der Waals surface area contributed by atoms with Gasteiger partial charge in [-0.2, -0.15) is 0 Å². The number of rotatable bonds is 1. The molecule has 0 aromatic rings. The Labute approximate surface area is 65.8 Å². The first-order chi connectivity index (χ1) is 4.29. The van der Waals surface area contributed by atoms with Crippen LogP contribution in [-0.2, 0) is 0 Å². The summed E-state index contributed by atoms with van der Waals surface area (Å²) in [5, 5.41) is 0. The molecule has 0 N–H and O–H groups in total. The molecule has 0 atom stereocenters. The van der Waals surface area contributed by atoms with E-state index in [4.69, 9.17) is 22.5 Å². The third-order valence-corrected chi connectivity index (χ3v) is 2.60. The second-order valence-corrected chi connectivity index (χ2v) is 5.37. The van der Waals surface area contributed by atoms with Crippen LogP contribution < -0.4 is 0 Å². The van der Waals surface area contributed by atoms with Crippen molar-refractivity contribution in [1.82, 2.24) is 0 Å². The molecule has 0 bridgehead atoms. The molecule has 0 aliphatic heterocycles. The molecule has 0 spiro atoms. The lowest BCUT2D eigenvalue weighted by Gasteiger charge is -1.90. The van der Waals surface area contributed by atoms with Crippen molar-refractivity contribution < 1.29 is 0 Å². The van der Waals surface area contributed by atoms with Gasteiger partial charge < -0.3 is 0 Å². The number of nitrogens with zero attached hydrogens (tertiary/aromatic N) is 1. The molecule has 0 heterocycles. The molecule has 0 unspecified atom stereocenters. The summed E-state index contributed by atoms with van der Waals surface area (Å²) in [5.74, 6) is 0. The fourth-order valence-electron chi connectivity index (χ4n) is 1.14. The van der Waals surface area contributed by atoms with Gasteiger partial charge in [0, 0.05) is 0 Å². The zero-order valence-electron chi connectivity index (χ0n) is 5.06. The monoisotopic (exact) mass is 184 g/mol. The first-order valence-corrected chi connectivity index (χ1v) is 6.22. The quantitative estimate of drug-likeness (QED) is 0.549. The van der Waals surface area contributed by atoms with E-state index in [0.29, 0.717) is 6.04 Å². The molecule has 52 valence electrons. The van der Waals surface area contributed by atoms with Crippen molar-refractivity contribution in [2.75, 3.05) is 0 Å². The molecule has 0 radical (unpaired) electrons. The zero-order chi connectivity index (χ0) is 6.69. The van der Waals surface area contributed by atoms with Gasteiger partial charge in [0.2, 0.25) is 22.5 Å². The van der Waals surface area contributed by atoms with Gasteiger partial charge in [-0.1, -0.05) is 17.6 Å². The highest BCUT2D eigenvalue weighted by atomic mass is 35.9. The predicted molar refractivity (Wildman–Crippen MR) is 43.3 cm³/mol. The Hall–Kier alpha value is 0.680. The minimum Gasteiger partial charge on any atom is -0.0716 e. The second kappa shape index (κ2) is 3.75. The molecule has 4 heteroatoms. The molecule has 1 aliphatic carbocycles. The van der Waals surface area contributed by atoms with Crippen LogP contribution in [0.2, 0.25) is 0 Å². The summed E-state index contributed by atoms with van der Waals surface area (Å²) >= 11 is 11.0. The van der Waals surface area contributed by atoms with Crippen LogP contribution >= 0.6 is 28.9 Å². The summed E-state index contributed by atoms with van der Waals surface area (Å²) in [7, 11) is 0. The molecule has 1 aliphatic rings. The minimum absolute atomic E-state index is 0.478. The van der Waals surface area contributed by atoms with Crippen molar-refractivity contribution in [3.63, 3.8) is 0 Å². The lowest BCUT2D eigenvalue weighted by molar-refractivity contribution is 0.717. The van der Waals surface area contributed by atoms with Gasteiger partial charge in [0.25, 0.3) is 0 Å². The smallest absolute Gasteiger partial charge is 0.0716 e. The van der Waals surface area contributed by atoms with Gasteiger partial charge in [-0.05, 0) is 12.8 Å². The molecular weight excluding hydrogens is 176 g/mol. The molecule has 1 nitrogen and oxygen atoms in total. The third-order valence-electron chi connectivity index (χ3n) is 1.58. The Morgan fingerprint density at radius 3 is 2.22 bits per heavy atom. The predicted octanol–water partition coefficient (Wildman–Crippen LogP) is 3.90. The highest BCUT2D eigenvalue weighted by Crippen LogP contribution is 2.40. The molecule has 0 saturated heterocycles. The second-order valence-electron chi connectivity index (χ2n) is 2.27. The van der Waals surface area contributed by atoms with Gasteiger partial charge >= 0.3 is 6.42 Å². The molecule has 9 heavy (non-hydrogen) atoms. The van der Waals surface area contributed by atoms with Crippen LogP contribution in [0.25, 0.3) is 0 Å². The van der Waals surface area contributed by atoms with Crippen molar-refractivity contribution >= 4 is 28.9 Å².